The number of nitrogens with zero attached hydrogens (tertiary/aromatic N) is 3. The average Bonchev–Trinajstić information content (AvgIpc) is 3.48. The number of hydrogen-bond donors (Lipinski definition) is 0. The number of hydrogen-bond acceptors (Lipinski definition) is 2. The number of fused-ring (bicyclic) bond motifs is 7. The molecule has 3 nitrogen and oxygen atoms in total. The highest BCUT2D eigenvalue weighted by Crippen LogP contribution is 2.40. The van der Waals surface area contributed by atoms with Crippen molar-refractivity contribution in [2.45, 2.75) is 6.54 Å². The Morgan fingerprint density at radius 1 is 0.565 bits per heavy atom. The van der Waals surface area contributed by atoms with E-state index in [9.17, 15) is 0 Å². The Morgan fingerprint density at radius 3 is 1.89 bits per heavy atom. The molecule has 0 aliphatic heterocycles. The van der Waals surface area contributed by atoms with Gasteiger partial charge in [0.15, 0.2) is 0 Å². The summed E-state index contributed by atoms with van der Waals surface area (Å²) in [6.07, 6.45) is 2.03. The van der Waals surface area contributed by atoms with Crippen LogP contribution in [0, 0.1) is 0 Å². The Morgan fingerprint density at radius 2 is 1.17 bits per heavy atom. The smallest absolute Gasteiger partial charge is 0.0716 e. The van der Waals surface area contributed by atoms with Crippen molar-refractivity contribution in [2.75, 3.05) is 0 Å². The lowest BCUT2D eigenvalue weighted by molar-refractivity contribution is 1.06. The van der Waals surface area contributed by atoms with Crippen LogP contribution in [0.15, 0.2) is 174 Å². The van der Waals surface area contributed by atoms with Gasteiger partial charge in [0.2, 0.25) is 0 Å². The lowest BCUT2D eigenvalue weighted by Crippen LogP contribution is -2.00. The van der Waals surface area contributed by atoms with Crippen LogP contribution in [-0.4, -0.2) is 17.0 Å². The summed E-state index contributed by atoms with van der Waals surface area (Å²) in [6.45, 7) is 4.38. The highest BCUT2D eigenvalue weighted by molar-refractivity contribution is 6.26. The van der Waals surface area contributed by atoms with Gasteiger partial charge in [-0.25, -0.2) is 0 Å². The molecule has 1 aromatic heterocycles. The van der Waals surface area contributed by atoms with Crippen molar-refractivity contribution >= 4 is 61.5 Å². The summed E-state index contributed by atoms with van der Waals surface area (Å²) in [4.78, 5) is 9.43. The summed E-state index contributed by atoms with van der Waals surface area (Å²) in [5.41, 5.74) is 8.42. The molecule has 1 heterocycles. The normalized spacial score (nSPS) is 12.3. The van der Waals surface area contributed by atoms with Gasteiger partial charge >= 0.3 is 0 Å². The van der Waals surface area contributed by atoms with Gasteiger partial charge < -0.3 is 4.57 Å². The summed E-state index contributed by atoms with van der Waals surface area (Å²) >= 11 is 0. The number of aromatic nitrogens is 1. The quantitative estimate of drug-likeness (QED) is 0.166. The maximum atomic E-state index is 5.09. The molecule has 0 N–H and O–H groups in total. The highest BCUT2D eigenvalue weighted by atomic mass is 15.0. The van der Waals surface area contributed by atoms with Gasteiger partial charge in [-0.1, -0.05) is 140 Å². The Labute approximate surface area is 268 Å². The van der Waals surface area contributed by atoms with Gasteiger partial charge in [-0.15, -0.1) is 0 Å². The minimum absolute atomic E-state index is 0.543. The third-order valence-corrected chi connectivity index (χ3v) is 8.75. The molecule has 0 atom stereocenters. The van der Waals surface area contributed by atoms with Crippen molar-refractivity contribution in [1.29, 1.82) is 0 Å². The average molecular weight is 590 g/mol. The van der Waals surface area contributed by atoms with E-state index in [0.29, 0.717) is 6.54 Å². The van der Waals surface area contributed by atoms with Gasteiger partial charge in [0, 0.05) is 27.4 Å². The number of aliphatic imine (C=N–C) groups is 2. The van der Waals surface area contributed by atoms with Crippen molar-refractivity contribution < 1.29 is 0 Å². The molecule has 0 unspecified atom stereocenters. The molecule has 0 fully saturated rings. The summed E-state index contributed by atoms with van der Waals surface area (Å²) in [6, 6.07) is 55.6. The molecule has 0 amide bonds. The van der Waals surface area contributed by atoms with Crippen LogP contribution in [0.2, 0.25) is 0 Å². The lowest BCUT2D eigenvalue weighted by atomic mass is 10.0. The fraction of sp³-hybridized carbons (Fsp3) is 0.0233. The van der Waals surface area contributed by atoms with Crippen LogP contribution in [0.5, 0.6) is 0 Å². The van der Waals surface area contributed by atoms with E-state index in [2.05, 4.69) is 125 Å². The summed E-state index contributed by atoms with van der Waals surface area (Å²) in [7, 11) is 0. The van der Waals surface area contributed by atoms with Crippen molar-refractivity contribution in [3.05, 3.63) is 180 Å². The molecule has 7 aromatic carbocycles. The van der Waals surface area contributed by atoms with Gasteiger partial charge in [-0.3, -0.25) is 9.98 Å². The van der Waals surface area contributed by atoms with Crippen molar-refractivity contribution in [1.82, 2.24) is 4.57 Å². The first-order valence-corrected chi connectivity index (χ1v) is 15.6. The Bertz CT molecular complexity index is 2430. The third kappa shape index (κ3) is 4.89. The number of allylic oxidation sites excluding steroid dienone is 1. The molecule has 46 heavy (non-hydrogen) atoms. The maximum Gasteiger partial charge on any atom is 0.0716 e. The monoisotopic (exact) mass is 589 g/mol. The second-order valence-corrected chi connectivity index (χ2v) is 11.5. The summed E-state index contributed by atoms with van der Waals surface area (Å²) < 4.78 is 2.42. The number of rotatable bonds is 7. The molecule has 0 aliphatic rings. The van der Waals surface area contributed by atoms with Crippen LogP contribution in [-0.2, 0) is 6.54 Å². The van der Waals surface area contributed by atoms with E-state index in [1.54, 1.807) is 0 Å². The van der Waals surface area contributed by atoms with Gasteiger partial charge in [0.05, 0.1) is 29.0 Å². The van der Waals surface area contributed by atoms with Crippen LogP contribution in [0.4, 0.5) is 0 Å². The van der Waals surface area contributed by atoms with Gasteiger partial charge in [-0.2, -0.15) is 0 Å². The van der Waals surface area contributed by atoms with Gasteiger partial charge in [-0.05, 0) is 58.3 Å². The van der Waals surface area contributed by atoms with E-state index in [1.165, 1.54) is 43.4 Å². The van der Waals surface area contributed by atoms with Gasteiger partial charge in [0.1, 0.15) is 0 Å². The minimum atomic E-state index is 0.543. The molecule has 0 saturated heterocycles. The summed E-state index contributed by atoms with van der Waals surface area (Å²) in [5.74, 6) is 0. The van der Waals surface area contributed by atoms with Crippen molar-refractivity contribution in [3.8, 4) is 5.69 Å². The van der Waals surface area contributed by atoms with Crippen LogP contribution in [0.25, 0.3) is 54.7 Å². The minimum Gasteiger partial charge on any atom is -0.309 e. The van der Waals surface area contributed by atoms with Gasteiger partial charge in [0.25, 0.3) is 0 Å². The molecule has 0 radical (unpaired) electrons. The van der Waals surface area contributed by atoms with Crippen molar-refractivity contribution in [2.24, 2.45) is 9.98 Å². The first-order valence-electron chi connectivity index (χ1n) is 15.6. The van der Waals surface area contributed by atoms with E-state index < -0.39 is 0 Å². The molecule has 0 aliphatic carbocycles. The Hall–Kier alpha value is -6.06. The molecular weight excluding hydrogens is 558 g/mol. The van der Waals surface area contributed by atoms with Crippen LogP contribution >= 0.6 is 0 Å². The van der Waals surface area contributed by atoms with Crippen LogP contribution < -0.4 is 0 Å². The fourth-order valence-corrected chi connectivity index (χ4v) is 6.53. The zero-order valence-electron chi connectivity index (χ0n) is 25.3. The first-order chi connectivity index (χ1) is 22.8. The Balaban J connectivity index is 1.23. The molecule has 0 spiro atoms. The van der Waals surface area contributed by atoms with E-state index >= 15 is 0 Å². The zero-order valence-corrected chi connectivity index (χ0v) is 25.3. The third-order valence-electron chi connectivity index (χ3n) is 8.75. The second-order valence-electron chi connectivity index (χ2n) is 11.5. The molecule has 218 valence electrons. The molecule has 0 bridgehead atoms. The van der Waals surface area contributed by atoms with E-state index in [1.807, 2.05) is 54.6 Å². The molecule has 0 saturated carbocycles. The zero-order chi connectivity index (χ0) is 30.9. The topological polar surface area (TPSA) is 29.6 Å². The molecule has 8 rings (SSSR count). The van der Waals surface area contributed by atoms with Crippen LogP contribution in [0.3, 0.4) is 0 Å². The largest absolute Gasteiger partial charge is 0.309 e. The summed E-state index contributed by atoms with van der Waals surface area (Å²) in [5, 5.41) is 7.56. The highest BCUT2D eigenvalue weighted by Gasteiger charge is 2.17. The predicted octanol–water partition coefficient (Wildman–Crippen LogP) is 10.8. The van der Waals surface area contributed by atoms with E-state index in [-0.39, 0.29) is 0 Å². The number of benzene rings is 7. The fourth-order valence-electron chi connectivity index (χ4n) is 6.53. The first kappa shape index (κ1) is 27.5. The predicted molar refractivity (Wildman–Crippen MR) is 196 cm³/mol. The SMILES string of the molecule is C=N/C(=C\C(=NCc1ccc(-n2c3ccc4ccccc4c3c3ccc4ccccc4c32)cc1)c1ccccc1)c1ccccc1. The molecule has 8 aromatic rings. The van der Waals surface area contributed by atoms with Crippen molar-refractivity contribution in [3.63, 3.8) is 0 Å². The van der Waals surface area contributed by atoms with Crippen LogP contribution in [0.1, 0.15) is 16.7 Å². The Kier molecular flexibility index (Phi) is 7.05. The lowest BCUT2D eigenvalue weighted by Gasteiger charge is -2.11. The second kappa shape index (κ2) is 11.8. The molecule has 3 heteroatoms. The maximum absolute atomic E-state index is 5.09. The molecular formula is C43H31N3. The van der Waals surface area contributed by atoms with E-state index in [4.69, 9.17) is 4.99 Å². The standard InChI is InChI=1S/C43H31N3/c1-44-39(33-14-4-2-5-15-33)28-40(34-16-6-3-7-17-34)45-29-30-20-24-35(25-21-30)46-41-27-23-31-12-8-10-18-36(31)42(41)38-26-22-32-13-9-11-19-37(32)43(38)46/h2-28H,1,29H2/b39-28-,45-40?. The van der Waals surface area contributed by atoms with E-state index in [0.717, 1.165) is 33.8 Å².